The molecule has 5 heteroatoms. The average Bonchev–Trinajstić information content (AvgIpc) is 2.47. The highest BCUT2D eigenvalue weighted by Crippen LogP contribution is 2.29. The minimum absolute atomic E-state index is 0.377. The Kier molecular flexibility index (Phi) is 5.18. The highest BCUT2D eigenvalue weighted by molar-refractivity contribution is 7.98. The zero-order chi connectivity index (χ0) is 13.5. The van der Waals surface area contributed by atoms with E-state index in [9.17, 15) is 0 Å². The molecule has 1 aromatic carbocycles. The van der Waals surface area contributed by atoms with E-state index in [-0.39, 0.29) is 0 Å². The van der Waals surface area contributed by atoms with Gasteiger partial charge in [-0.2, -0.15) is 0 Å². The fourth-order valence-corrected chi connectivity index (χ4v) is 2.08. The molecule has 1 N–H and O–H groups in total. The lowest BCUT2D eigenvalue weighted by Gasteiger charge is -2.08. The molecule has 0 spiro atoms. The highest BCUT2D eigenvalue weighted by atomic mass is 32.2. The third-order valence-electron chi connectivity index (χ3n) is 2.53. The third kappa shape index (κ3) is 3.94. The van der Waals surface area contributed by atoms with Gasteiger partial charge in [0.1, 0.15) is 5.75 Å². The summed E-state index contributed by atoms with van der Waals surface area (Å²) in [6, 6.07) is 8.23. The van der Waals surface area contributed by atoms with Crippen LogP contribution in [0.3, 0.4) is 0 Å². The second-order valence-corrected chi connectivity index (χ2v) is 4.76. The number of para-hydroxylation sites is 1. The molecule has 0 aliphatic rings. The Balaban J connectivity index is 2.06. The second-order valence-electron chi connectivity index (χ2n) is 3.91. The van der Waals surface area contributed by atoms with Gasteiger partial charge >= 0.3 is 6.01 Å². The Morgan fingerprint density at radius 3 is 2.63 bits per heavy atom. The summed E-state index contributed by atoms with van der Waals surface area (Å²) in [7, 11) is 0. The van der Waals surface area contributed by atoms with Crippen molar-refractivity contribution in [2.75, 3.05) is 12.8 Å². The fraction of sp³-hybridized carbons (Fsp3) is 0.286. The fourth-order valence-electron chi connectivity index (χ4n) is 1.56. The topological polar surface area (TPSA) is 47.0 Å². The average molecular weight is 275 g/mol. The first-order chi connectivity index (χ1) is 9.33. The van der Waals surface area contributed by atoms with Crippen molar-refractivity contribution in [2.45, 2.75) is 18.4 Å². The molecular formula is C14H17N3OS. The number of ether oxygens (including phenoxy) is 1. The molecule has 4 nitrogen and oxygen atoms in total. The van der Waals surface area contributed by atoms with Crippen molar-refractivity contribution in [1.29, 1.82) is 0 Å². The van der Waals surface area contributed by atoms with Gasteiger partial charge in [0.2, 0.25) is 0 Å². The van der Waals surface area contributed by atoms with Crippen LogP contribution in [-0.4, -0.2) is 22.8 Å². The normalized spacial score (nSPS) is 10.4. The number of hydrogen-bond donors (Lipinski definition) is 1. The van der Waals surface area contributed by atoms with Crippen molar-refractivity contribution in [3.8, 4) is 11.8 Å². The molecule has 0 aliphatic carbocycles. The maximum absolute atomic E-state index is 5.70. The van der Waals surface area contributed by atoms with Gasteiger partial charge in [0.25, 0.3) is 0 Å². The van der Waals surface area contributed by atoms with Crippen molar-refractivity contribution in [3.63, 3.8) is 0 Å². The molecule has 2 aromatic rings. The van der Waals surface area contributed by atoms with Crippen LogP contribution in [0.25, 0.3) is 0 Å². The molecule has 0 saturated carbocycles. The van der Waals surface area contributed by atoms with E-state index in [0.717, 1.165) is 29.3 Å². The van der Waals surface area contributed by atoms with Crippen LogP contribution < -0.4 is 10.1 Å². The summed E-state index contributed by atoms with van der Waals surface area (Å²) in [5, 5.41) is 3.23. The van der Waals surface area contributed by atoms with Gasteiger partial charge in [-0.1, -0.05) is 19.1 Å². The maximum Gasteiger partial charge on any atom is 0.321 e. The predicted molar refractivity (Wildman–Crippen MR) is 77.7 cm³/mol. The first-order valence-electron chi connectivity index (χ1n) is 6.16. The molecule has 100 valence electrons. The molecule has 0 fully saturated rings. The van der Waals surface area contributed by atoms with Crippen molar-refractivity contribution in [1.82, 2.24) is 15.3 Å². The van der Waals surface area contributed by atoms with Crippen LogP contribution in [-0.2, 0) is 6.54 Å². The summed E-state index contributed by atoms with van der Waals surface area (Å²) in [5.41, 5.74) is 1.05. The largest absolute Gasteiger partial charge is 0.423 e. The van der Waals surface area contributed by atoms with Crippen LogP contribution in [0, 0.1) is 0 Å². The lowest BCUT2D eigenvalue weighted by atomic mass is 10.3. The molecule has 1 aromatic heterocycles. The number of hydrogen-bond acceptors (Lipinski definition) is 5. The van der Waals surface area contributed by atoms with E-state index in [1.54, 1.807) is 24.2 Å². The minimum atomic E-state index is 0.377. The monoisotopic (exact) mass is 275 g/mol. The summed E-state index contributed by atoms with van der Waals surface area (Å²) < 4.78 is 5.70. The number of rotatable bonds is 6. The Hall–Kier alpha value is -1.59. The zero-order valence-electron chi connectivity index (χ0n) is 11.1. The second kappa shape index (κ2) is 7.11. The molecule has 0 atom stereocenters. The van der Waals surface area contributed by atoms with Crippen molar-refractivity contribution in [3.05, 3.63) is 42.2 Å². The van der Waals surface area contributed by atoms with E-state index in [1.807, 2.05) is 30.5 Å². The van der Waals surface area contributed by atoms with Crippen molar-refractivity contribution in [2.24, 2.45) is 0 Å². The summed E-state index contributed by atoms with van der Waals surface area (Å²) >= 11 is 1.64. The standard InChI is InChI=1S/C14H17N3OS/c1-3-15-8-11-9-16-14(17-10-11)18-12-6-4-5-7-13(12)19-2/h4-7,9-10,15H,3,8H2,1-2H3. The molecule has 0 radical (unpaired) electrons. The smallest absolute Gasteiger partial charge is 0.321 e. The van der Waals surface area contributed by atoms with Crippen molar-refractivity contribution < 1.29 is 4.74 Å². The van der Waals surface area contributed by atoms with Crippen LogP contribution in [0.4, 0.5) is 0 Å². The Morgan fingerprint density at radius 1 is 1.21 bits per heavy atom. The van der Waals surface area contributed by atoms with Crippen LogP contribution in [0.5, 0.6) is 11.8 Å². The van der Waals surface area contributed by atoms with Gasteiger partial charge in [0, 0.05) is 29.4 Å². The van der Waals surface area contributed by atoms with Gasteiger partial charge in [-0.25, -0.2) is 9.97 Å². The molecule has 19 heavy (non-hydrogen) atoms. The predicted octanol–water partition coefficient (Wildman–Crippen LogP) is 3.10. The molecule has 0 aliphatic heterocycles. The number of thioether (sulfide) groups is 1. The van der Waals surface area contributed by atoms with E-state index in [1.165, 1.54) is 0 Å². The molecular weight excluding hydrogens is 258 g/mol. The first-order valence-corrected chi connectivity index (χ1v) is 7.38. The Bertz CT molecular complexity index is 516. The molecule has 0 bridgehead atoms. The SMILES string of the molecule is CCNCc1cnc(Oc2ccccc2SC)nc1. The van der Waals surface area contributed by atoms with Gasteiger partial charge in [0.15, 0.2) is 0 Å². The highest BCUT2D eigenvalue weighted by Gasteiger charge is 2.05. The van der Waals surface area contributed by atoms with Gasteiger partial charge in [-0.05, 0) is 24.9 Å². The number of aromatic nitrogens is 2. The molecule has 0 unspecified atom stereocenters. The molecule has 1 heterocycles. The van der Waals surface area contributed by atoms with E-state index in [0.29, 0.717) is 6.01 Å². The van der Waals surface area contributed by atoms with Crippen LogP contribution in [0.15, 0.2) is 41.6 Å². The van der Waals surface area contributed by atoms with Crippen molar-refractivity contribution >= 4 is 11.8 Å². The quantitative estimate of drug-likeness (QED) is 0.821. The zero-order valence-corrected chi connectivity index (χ0v) is 11.9. The minimum Gasteiger partial charge on any atom is -0.423 e. The third-order valence-corrected chi connectivity index (χ3v) is 3.31. The summed E-state index contributed by atoms with van der Waals surface area (Å²) in [4.78, 5) is 9.51. The van der Waals surface area contributed by atoms with Gasteiger partial charge < -0.3 is 10.1 Å². The van der Waals surface area contributed by atoms with E-state index in [2.05, 4.69) is 22.2 Å². The maximum atomic E-state index is 5.70. The van der Waals surface area contributed by atoms with E-state index >= 15 is 0 Å². The Labute approximate surface area is 117 Å². The van der Waals surface area contributed by atoms with E-state index in [4.69, 9.17) is 4.74 Å². The van der Waals surface area contributed by atoms with Crippen LogP contribution in [0.2, 0.25) is 0 Å². The van der Waals surface area contributed by atoms with Gasteiger partial charge in [-0.3, -0.25) is 0 Å². The summed E-state index contributed by atoms with van der Waals surface area (Å²) in [5.74, 6) is 0.787. The molecule has 2 rings (SSSR count). The first kappa shape index (κ1) is 13.8. The van der Waals surface area contributed by atoms with Crippen LogP contribution in [0.1, 0.15) is 12.5 Å². The summed E-state index contributed by atoms with van der Waals surface area (Å²) in [6.45, 7) is 3.77. The summed E-state index contributed by atoms with van der Waals surface area (Å²) in [6.07, 6.45) is 5.59. The lowest BCUT2D eigenvalue weighted by Crippen LogP contribution is -2.12. The lowest BCUT2D eigenvalue weighted by molar-refractivity contribution is 0.431. The number of nitrogens with zero attached hydrogens (tertiary/aromatic N) is 2. The molecule has 0 amide bonds. The Morgan fingerprint density at radius 2 is 1.95 bits per heavy atom. The van der Waals surface area contributed by atoms with Gasteiger partial charge in [-0.15, -0.1) is 11.8 Å². The van der Waals surface area contributed by atoms with Gasteiger partial charge in [0.05, 0.1) is 0 Å². The number of benzene rings is 1. The number of nitrogens with one attached hydrogen (secondary N) is 1. The molecule has 0 saturated heterocycles. The van der Waals surface area contributed by atoms with Crippen LogP contribution >= 0.6 is 11.8 Å². The van der Waals surface area contributed by atoms with E-state index < -0.39 is 0 Å².